The lowest BCUT2D eigenvalue weighted by atomic mass is 10.2. The lowest BCUT2D eigenvalue weighted by Gasteiger charge is -2.03. The lowest BCUT2D eigenvalue weighted by molar-refractivity contribution is 0.340. The summed E-state index contributed by atoms with van der Waals surface area (Å²) in [5.74, 6) is 1.56. The molecule has 0 aliphatic carbocycles. The second-order valence-electron chi connectivity index (χ2n) is 3.24. The summed E-state index contributed by atoms with van der Waals surface area (Å²) in [6, 6.07) is 8.26. The average Bonchev–Trinajstić information content (AvgIpc) is 2.78. The number of hydrogen-bond acceptors (Lipinski definition) is 4. The quantitative estimate of drug-likeness (QED) is 0.857. The van der Waals surface area contributed by atoms with Crippen molar-refractivity contribution in [1.29, 1.82) is 0 Å². The van der Waals surface area contributed by atoms with Crippen LogP contribution in [0.5, 0.6) is 5.75 Å². The minimum atomic E-state index is 0.511. The Labute approximate surface area is 94.3 Å². The van der Waals surface area contributed by atoms with E-state index in [1.807, 2.05) is 31.2 Å². The fraction of sp³-hybridized carbons (Fsp3) is 0.250. The van der Waals surface area contributed by atoms with Crippen molar-refractivity contribution in [2.24, 2.45) is 0 Å². The molecule has 2 rings (SSSR count). The zero-order valence-electron chi connectivity index (χ0n) is 9.36. The van der Waals surface area contributed by atoms with Crippen molar-refractivity contribution in [3.63, 3.8) is 0 Å². The van der Waals surface area contributed by atoms with Crippen LogP contribution in [-0.2, 0) is 0 Å². The Bertz CT molecular complexity index is 466. The molecular formula is C12H14N2O2. The average molecular weight is 218 g/mol. The van der Waals surface area contributed by atoms with Crippen LogP contribution in [0.2, 0.25) is 0 Å². The van der Waals surface area contributed by atoms with Crippen molar-refractivity contribution >= 4 is 6.01 Å². The maximum atomic E-state index is 5.47. The molecule has 0 aliphatic rings. The Morgan fingerprint density at radius 1 is 1.44 bits per heavy atom. The molecule has 0 amide bonds. The molecule has 0 fully saturated rings. The minimum Gasteiger partial charge on any atom is -0.494 e. The molecule has 1 heterocycles. The second kappa shape index (κ2) is 4.70. The third-order valence-electron chi connectivity index (χ3n) is 2.15. The summed E-state index contributed by atoms with van der Waals surface area (Å²) >= 11 is 0. The summed E-state index contributed by atoms with van der Waals surface area (Å²) in [5, 5.41) is 2.85. The van der Waals surface area contributed by atoms with Gasteiger partial charge in [0, 0.05) is 12.6 Å². The van der Waals surface area contributed by atoms with E-state index in [1.165, 1.54) is 0 Å². The first-order valence-corrected chi connectivity index (χ1v) is 5.20. The first kappa shape index (κ1) is 10.5. The summed E-state index contributed by atoms with van der Waals surface area (Å²) < 4.78 is 10.9. The number of nitrogens with zero attached hydrogens (tertiary/aromatic N) is 1. The van der Waals surface area contributed by atoms with Gasteiger partial charge < -0.3 is 14.5 Å². The van der Waals surface area contributed by atoms with Crippen LogP contribution in [0, 0.1) is 0 Å². The summed E-state index contributed by atoms with van der Waals surface area (Å²) in [4.78, 5) is 4.07. The molecule has 1 N–H and O–H groups in total. The summed E-state index contributed by atoms with van der Waals surface area (Å²) in [6.45, 7) is 2.61. The van der Waals surface area contributed by atoms with Gasteiger partial charge in [-0.05, 0) is 19.1 Å². The number of rotatable bonds is 4. The van der Waals surface area contributed by atoms with E-state index in [9.17, 15) is 0 Å². The van der Waals surface area contributed by atoms with Crippen LogP contribution in [0.3, 0.4) is 0 Å². The minimum absolute atomic E-state index is 0.511. The summed E-state index contributed by atoms with van der Waals surface area (Å²) in [7, 11) is 1.77. The molecule has 1 aromatic heterocycles. The Kier molecular flexibility index (Phi) is 3.10. The fourth-order valence-electron chi connectivity index (χ4n) is 1.43. The van der Waals surface area contributed by atoms with Gasteiger partial charge in [0.2, 0.25) is 0 Å². The number of ether oxygens (including phenoxy) is 1. The van der Waals surface area contributed by atoms with Gasteiger partial charge in [0.15, 0.2) is 5.76 Å². The predicted octanol–water partition coefficient (Wildman–Crippen LogP) is 2.78. The number of hydrogen-bond donors (Lipinski definition) is 1. The highest BCUT2D eigenvalue weighted by Crippen LogP contribution is 2.25. The smallest absolute Gasteiger partial charge is 0.294 e. The molecule has 0 saturated heterocycles. The zero-order chi connectivity index (χ0) is 11.4. The van der Waals surface area contributed by atoms with Crippen molar-refractivity contribution in [1.82, 2.24) is 4.98 Å². The number of anilines is 1. The van der Waals surface area contributed by atoms with E-state index in [4.69, 9.17) is 9.15 Å². The van der Waals surface area contributed by atoms with E-state index in [0.717, 1.165) is 17.1 Å². The summed E-state index contributed by atoms with van der Waals surface area (Å²) in [5.41, 5.74) is 0.958. The molecule has 0 aliphatic heterocycles. The second-order valence-corrected chi connectivity index (χ2v) is 3.24. The van der Waals surface area contributed by atoms with Crippen molar-refractivity contribution in [3.8, 4) is 17.1 Å². The van der Waals surface area contributed by atoms with Gasteiger partial charge in [-0.15, -0.1) is 0 Å². The number of oxazole rings is 1. The fourth-order valence-corrected chi connectivity index (χ4v) is 1.43. The molecule has 16 heavy (non-hydrogen) atoms. The van der Waals surface area contributed by atoms with Crippen molar-refractivity contribution in [2.75, 3.05) is 19.0 Å². The van der Waals surface area contributed by atoms with E-state index < -0.39 is 0 Å². The molecular weight excluding hydrogens is 204 g/mol. The summed E-state index contributed by atoms with van der Waals surface area (Å²) in [6.07, 6.45) is 1.69. The highest BCUT2D eigenvalue weighted by molar-refractivity contribution is 5.59. The molecule has 2 aromatic rings. The van der Waals surface area contributed by atoms with E-state index in [0.29, 0.717) is 12.6 Å². The number of nitrogens with one attached hydrogen (secondary N) is 1. The highest BCUT2D eigenvalue weighted by atomic mass is 16.5. The molecule has 0 unspecified atom stereocenters. The largest absolute Gasteiger partial charge is 0.494 e. The van der Waals surface area contributed by atoms with Gasteiger partial charge in [0.25, 0.3) is 6.01 Å². The van der Waals surface area contributed by atoms with Crippen LogP contribution >= 0.6 is 0 Å². The Balaban J connectivity index is 2.28. The third-order valence-corrected chi connectivity index (χ3v) is 2.15. The molecule has 4 heteroatoms. The molecule has 1 aromatic carbocycles. The lowest BCUT2D eigenvalue weighted by Crippen LogP contribution is -1.90. The van der Waals surface area contributed by atoms with Gasteiger partial charge in [-0.1, -0.05) is 12.1 Å². The molecule has 0 radical (unpaired) electrons. The molecule has 84 valence electrons. The highest BCUT2D eigenvalue weighted by Gasteiger charge is 2.05. The molecule has 0 bridgehead atoms. The van der Waals surface area contributed by atoms with E-state index in [1.54, 1.807) is 13.2 Å². The monoisotopic (exact) mass is 218 g/mol. The van der Waals surface area contributed by atoms with E-state index in [2.05, 4.69) is 10.3 Å². The van der Waals surface area contributed by atoms with Crippen molar-refractivity contribution < 1.29 is 9.15 Å². The van der Waals surface area contributed by atoms with Gasteiger partial charge in [0.05, 0.1) is 12.8 Å². The van der Waals surface area contributed by atoms with Crippen molar-refractivity contribution in [3.05, 3.63) is 30.5 Å². The Hall–Kier alpha value is -1.97. The maximum absolute atomic E-state index is 5.47. The van der Waals surface area contributed by atoms with Crippen LogP contribution < -0.4 is 10.1 Å². The molecule has 4 nitrogen and oxygen atoms in total. The van der Waals surface area contributed by atoms with Gasteiger partial charge in [0.1, 0.15) is 5.75 Å². The van der Waals surface area contributed by atoms with Crippen LogP contribution in [0.25, 0.3) is 11.3 Å². The van der Waals surface area contributed by atoms with E-state index in [-0.39, 0.29) is 0 Å². The standard InChI is InChI=1S/C12H14N2O2/c1-3-15-10-6-4-5-9(7-10)11-8-14-12(13-2)16-11/h4-8H,3H2,1-2H3,(H,13,14). The SMILES string of the molecule is CCOc1cccc(-c2cnc(NC)o2)c1. The van der Waals surface area contributed by atoms with Crippen LogP contribution in [0.4, 0.5) is 6.01 Å². The number of benzene rings is 1. The number of aromatic nitrogens is 1. The van der Waals surface area contributed by atoms with Crippen LogP contribution in [0.15, 0.2) is 34.9 Å². The van der Waals surface area contributed by atoms with Crippen molar-refractivity contribution in [2.45, 2.75) is 6.92 Å². The molecule has 0 spiro atoms. The van der Waals surface area contributed by atoms with Crippen LogP contribution in [-0.4, -0.2) is 18.6 Å². The van der Waals surface area contributed by atoms with Gasteiger partial charge in [-0.3, -0.25) is 0 Å². The van der Waals surface area contributed by atoms with Crippen LogP contribution in [0.1, 0.15) is 6.92 Å². The zero-order valence-corrected chi connectivity index (χ0v) is 9.36. The molecule has 0 saturated carbocycles. The van der Waals surface area contributed by atoms with Gasteiger partial charge >= 0.3 is 0 Å². The van der Waals surface area contributed by atoms with Gasteiger partial charge in [-0.2, -0.15) is 0 Å². The third kappa shape index (κ3) is 2.16. The Morgan fingerprint density at radius 2 is 2.31 bits per heavy atom. The molecule has 0 atom stereocenters. The normalized spacial score (nSPS) is 10.1. The first-order chi connectivity index (χ1) is 7.83. The van der Waals surface area contributed by atoms with Gasteiger partial charge in [-0.25, -0.2) is 4.98 Å². The predicted molar refractivity (Wildman–Crippen MR) is 62.7 cm³/mol. The topological polar surface area (TPSA) is 47.3 Å². The first-order valence-electron chi connectivity index (χ1n) is 5.20. The maximum Gasteiger partial charge on any atom is 0.294 e. The Morgan fingerprint density at radius 3 is 3.00 bits per heavy atom. The van der Waals surface area contributed by atoms with E-state index >= 15 is 0 Å².